The molecule has 0 spiro atoms. The average molecular weight is 319 g/mol. The van der Waals surface area contributed by atoms with Gasteiger partial charge in [0.05, 0.1) is 9.20 Å². The van der Waals surface area contributed by atoms with E-state index in [-0.39, 0.29) is 5.91 Å². The first-order valence-corrected chi connectivity index (χ1v) is 7.17. The molecule has 2 N–H and O–H groups in total. The van der Waals surface area contributed by atoms with Crippen molar-refractivity contribution in [1.82, 2.24) is 4.90 Å². The van der Waals surface area contributed by atoms with Gasteiger partial charge in [0.2, 0.25) is 5.91 Å². The minimum Gasteiger partial charge on any atom is -0.345 e. The molecule has 0 fully saturated rings. The quantitative estimate of drug-likeness (QED) is 0.906. The maximum Gasteiger partial charge on any atom is 0.229 e. The van der Waals surface area contributed by atoms with Crippen molar-refractivity contribution in [3.63, 3.8) is 0 Å². The third kappa shape index (κ3) is 4.08. The van der Waals surface area contributed by atoms with Crippen LogP contribution in [0.3, 0.4) is 0 Å². The maximum absolute atomic E-state index is 12.1. The molecule has 0 atom stereocenters. The summed E-state index contributed by atoms with van der Waals surface area (Å²) in [5.41, 5.74) is 5.14. The van der Waals surface area contributed by atoms with Gasteiger partial charge in [-0.25, -0.2) is 0 Å². The van der Waals surface area contributed by atoms with Gasteiger partial charge in [-0.2, -0.15) is 0 Å². The Balaban J connectivity index is 2.50. The number of thiophene rings is 1. The predicted molar refractivity (Wildman–Crippen MR) is 76.2 cm³/mol. The zero-order valence-electron chi connectivity index (χ0n) is 10.5. The molecule has 1 heterocycles. The van der Waals surface area contributed by atoms with Gasteiger partial charge in [0.15, 0.2) is 0 Å². The van der Waals surface area contributed by atoms with Crippen molar-refractivity contribution in [3.8, 4) is 0 Å². The Morgan fingerprint density at radius 2 is 2.18 bits per heavy atom. The first kappa shape index (κ1) is 14.7. The summed E-state index contributed by atoms with van der Waals surface area (Å²) >= 11 is 5.14. The number of hydrogen-bond acceptors (Lipinski definition) is 3. The third-order valence-corrected chi connectivity index (χ3v) is 4.44. The minimum atomic E-state index is -0.467. The Morgan fingerprint density at radius 1 is 1.53 bits per heavy atom. The van der Waals surface area contributed by atoms with Crippen molar-refractivity contribution in [3.05, 3.63) is 20.8 Å². The van der Waals surface area contributed by atoms with Crippen molar-refractivity contribution >= 4 is 33.2 Å². The highest BCUT2D eigenvalue weighted by Crippen LogP contribution is 2.23. The number of carbonyl (C=O) groups excluding carboxylic acids is 1. The summed E-state index contributed by atoms with van der Waals surface area (Å²) < 4.78 is 1.13. The fraction of sp³-hybridized carbons (Fsp3) is 0.583. The van der Waals surface area contributed by atoms with E-state index in [1.165, 1.54) is 4.88 Å². The minimum absolute atomic E-state index is 0.107. The standard InChI is InChI=1S/C12H19BrN2OS/c1-12(2,8-14)11(16)15(3)7-6-9-4-5-10(13)17-9/h4-5H,6-8,14H2,1-3H3. The summed E-state index contributed by atoms with van der Waals surface area (Å²) in [6.45, 7) is 4.87. The van der Waals surface area contributed by atoms with Gasteiger partial charge in [-0.3, -0.25) is 4.79 Å². The van der Waals surface area contributed by atoms with E-state index in [0.717, 1.165) is 16.8 Å². The number of carbonyl (C=O) groups is 1. The average Bonchev–Trinajstić information content (AvgIpc) is 2.71. The molecule has 1 rings (SSSR count). The zero-order valence-corrected chi connectivity index (χ0v) is 12.9. The molecule has 0 aromatic carbocycles. The monoisotopic (exact) mass is 318 g/mol. The topological polar surface area (TPSA) is 46.3 Å². The van der Waals surface area contributed by atoms with Crippen LogP contribution in [0.5, 0.6) is 0 Å². The highest BCUT2D eigenvalue weighted by atomic mass is 79.9. The van der Waals surface area contributed by atoms with Crippen molar-refractivity contribution in [2.45, 2.75) is 20.3 Å². The Kier molecular flexibility index (Phi) is 5.16. The number of halogens is 1. The van der Waals surface area contributed by atoms with E-state index in [4.69, 9.17) is 5.73 Å². The first-order valence-electron chi connectivity index (χ1n) is 5.56. The van der Waals surface area contributed by atoms with E-state index in [9.17, 15) is 4.79 Å². The largest absolute Gasteiger partial charge is 0.345 e. The summed E-state index contributed by atoms with van der Waals surface area (Å²) in [7, 11) is 1.84. The van der Waals surface area contributed by atoms with E-state index >= 15 is 0 Å². The Labute approximate surface area is 115 Å². The predicted octanol–water partition coefficient (Wildman–Crippen LogP) is 2.50. The molecule has 0 radical (unpaired) electrons. The first-order chi connectivity index (χ1) is 7.86. The highest BCUT2D eigenvalue weighted by molar-refractivity contribution is 9.11. The number of rotatable bonds is 5. The summed E-state index contributed by atoms with van der Waals surface area (Å²) in [4.78, 5) is 15.1. The van der Waals surface area contributed by atoms with Crippen molar-refractivity contribution in [2.75, 3.05) is 20.1 Å². The molecule has 1 aromatic rings. The van der Waals surface area contributed by atoms with Crippen LogP contribution >= 0.6 is 27.3 Å². The SMILES string of the molecule is CN(CCc1ccc(Br)s1)C(=O)C(C)(C)CN. The Hall–Kier alpha value is -0.390. The van der Waals surface area contributed by atoms with Crippen LogP contribution in [0.4, 0.5) is 0 Å². The Morgan fingerprint density at radius 3 is 2.65 bits per heavy atom. The van der Waals surface area contributed by atoms with Gasteiger partial charge in [-0.05, 0) is 48.3 Å². The van der Waals surface area contributed by atoms with Crippen LogP contribution in [-0.2, 0) is 11.2 Å². The van der Waals surface area contributed by atoms with Crippen molar-refractivity contribution < 1.29 is 4.79 Å². The van der Waals surface area contributed by atoms with Crippen LogP contribution in [0.2, 0.25) is 0 Å². The lowest BCUT2D eigenvalue weighted by atomic mass is 9.92. The third-order valence-electron chi connectivity index (χ3n) is 2.76. The number of hydrogen-bond donors (Lipinski definition) is 1. The van der Waals surface area contributed by atoms with E-state index in [0.29, 0.717) is 6.54 Å². The smallest absolute Gasteiger partial charge is 0.229 e. The fourth-order valence-corrected chi connectivity index (χ4v) is 2.94. The fourth-order valence-electron chi connectivity index (χ4n) is 1.47. The lowest BCUT2D eigenvalue weighted by Gasteiger charge is -2.28. The van der Waals surface area contributed by atoms with Crippen LogP contribution in [0, 0.1) is 5.41 Å². The van der Waals surface area contributed by atoms with Crippen molar-refractivity contribution in [1.29, 1.82) is 0 Å². The molecule has 0 aliphatic carbocycles. The number of nitrogens with zero attached hydrogens (tertiary/aromatic N) is 1. The van der Waals surface area contributed by atoms with E-state index in [2.05, 4.69) is 22.0 Å². The van der Waals surface area contributed by atoms with Gasteiger partial charge in [-0.1, -0.05) is 0 Å². The van der Waals surface area contributed by atoms with Gasteiger partial charge >= 0.3 is 0 Å². The van der Waals surface area contributed by atoms with E-state index in [1.54, 1.807) is 16.2 Å². The van der Waals surface area contributed by atoms with Gasteiger partial charge in [0.1, 0.15) is 0 Å². The van der Waals surface area contributed by atoms with Gasteiger partial charge < -0.3 is 10.6 Å². The molecule has 5 heteroatoms. The summed E-state index contributed by atoms with van der Waals surface area (Å²) in [6.07, 6.45) is 0.888. The molecule has 1 amide bonds. The van der Waals surface area contributed by atoms with Crippen molar-refractivity contribution in [2.24, 2.45) is 11.1 Å². The number of nitrogens with two attached hydrogens (primary N) is 1. The Bertz CT molecular complexity index is 390. The molecule has 0 saturated heterocycles. The summed E-state index contributed by atoms with van der Waals surface area (Å²) in [5.74, 6) is 0.107. The number of amides is 1. The highest BCUT2D eigenvalue weighted by Gasteiger charge is 2.28. The van der Waals surface area contributed by atoms with Gasteiger partial charge in [0.25, 0.3) is 0 Å². The van der Waals surface area contributed by atoms with E-state index in [1.807, 2.05) is 27.0 Å². The molecular formula is C12H19BrN2OS. The molecule has 0 unspecified atom stereocenters. The summed E-state index contributed by atoms with van der Waals surface area (Å²) in [5, 5.41) is 0. The molecule has 3 nitrogen and oxygen atoms in total. The molecule has 0 aliphatic rings. The van der Waals surface area contributed by atoms with Crippen LogP contribution < -0.4 is 5.73 Å². The lowest BCUT2D eigenvalue weighted by molar-refractivity contribution is -0.138. The second-order valence-electron chi connectivity index (χ2n) is 4.77. The van der Waals surface area contributed by atoms with E-state index < -0.39 is 5.41 Å². The summed E-state index contributed by atoms with van der Waals surface area (Å²) in [6, 6.07) is 4.12. The molecule has 1 aromatic heterocycles. The van der Waals surface area contributed by atoms with Crippen LogP contribution in [-0.4, -0.2) is 30.9 Å². The molecule has 0 saturated carbocycles. The molecule has 0 bridgehead atoms. The second-order valence-corrected chi connectivity index (χ2v) is 7.32. The second kappa shape index (κ2) is 5.98. The number of likely N-dealkylation sites (N-methyl/N-ethyl adjacent to an activating group) is 1. The molecule has 17 heavy (non-hydrogen) atoms. The molecular weight excluding hydrogens is 300 g/mol. The maximum atomic E-state index is 12.1. The molecule has 0 aliphatic heterocycles. The van der Waals surface area contributed by atoms with Crippen LogP contribution in [0.25, 0.3) is 0 Å². The zero-order chi connectivity index (χ0) is 13.1. The van der Waals surface area contributed by atoms with Gasteiger partial charge in [0, 0.05) is 25.0 Å². The van der Waals surface area contributed by atoms with Crippen LogP contribution in [0.15, 0.2) is 15.9 Å². The normalized spacial score (nSPS) is 11.6. The van der Waals surface area contributed by atoms with Crippen LogP contribution in [0.1, 0.15) is 18.7 Å². The lowest BCUT2D eigenvalue weighted by Crippen LogP contribution is -2.43. The van der Waals surface area contributed by atoms with Gasteiger partial charge in [-0.15, -0.1) is 11.3 Å². The molecule has 96 valence electrons.